The molecule has 0 radical (unpaired) electrons. The van der Waals surface area contributed by atoms with Crippen LogP contribution in [0.3, 0.4) is 0 Å². The molecule has 24 heavy (non-hydrogen) atoms. The van der Waals surface area contributed by atoms with Crippen LogP contribution in [0.25, 0.3) is 5.69 Å². The monoisotopic (exact) mass is 328 g/mol. The van der Waals surface area contributed by atoms with Crippen LogP contribution >= 0.6 is 0 Å². The zero-order valence-corrected chi connectivity index (χ0v) is 15.1. The summed E-state index contributed by atoms with van der Waals surface area (Å²) in [4.78, 5) is 14.5. The lowest BCUT2D eigenvalue weighted by molar-refractivity contribution is -0.120. The molecular formula is C19H28N4O. The zero-order valence-electron chi connectivity index (χ0n) is 15.1. The van der Waals surface area contributed by atoms with Crippen molar-refractivity contribution < 1.29 is 4.79 Å². The summed E-state index contributed by atoms with van der Waals surface area (Å²) in [6.45, 7) is 10.3. The average molecular weight is 328 g/mol. The third kappa shape index (κ3) is 5.20. The third-order valence-electron chi connectivity index (χ3n) is 4.04. The molecule has 0 saturated carbocycles. The van der Waals surface area contributed by atoms with Crippen molar-refractivity contribution in [3.05, 3.63) is 48.3 Å². The Balaban J connectivity index is 1.82. The van der Waals surface area contributed by atoms with Gasteiger partial charge in [-0.1, -0.05) is 18.2 Å². The summed E-state index contributed by atoms with van der Waals surface area (Å²) in [6, 6.07) is 10.8. The molecule has 1 heterocycles. The maximum absolute atomic E-state index is 12.1. The number of aromatic nitrogens is 2. The smallest absolute Gasteiger partial charge is 0.224 e. The van der Waals surface area contributed by atoms with Crippen LogP contribution in [0.15, 0.2) is 42.7 Å². The Kier molecular flexibility index (Phi) is 6.55. The van der Waals surface area contributed by atoms with E-state index in [2.05, 4.69) is 43.0 Å². The number of hydrogen-bond donors (Lipinski definition) is 1. The van der Waals surface area contributed by atoms with E-state index in [1.807, 2.05) is 36.5 Å². The van der Waals surface area contributed by atoms with E-state index in [1.165, 1.54) is 0 Å². The Bertz CT molecular complexity index is 626. The molecular weight excluding hydrogens is 300 g/mol. The highest BCUT2D eigenvalue weighted by molar-refractivity contribution is 5.78. The number of benzene rings is 1. The second-order valence-electron chi connectivity index (χ2n) is 6.58. The van der Waals surface area contributed by atoms with E-state index in [0.29, 0.717) is 25.0 Å². The zero-order chi connectivity index (χ0) is 17.5. The molecule has 0 atom stereocenters. The number of carbonyl (C=O) groups excluding carboxylic acids is 1. The molecule has 0 fully saturated rings. The minimum absolute atomic E-state index is 0.0371. The number of carbonyl (C=O) groups is 1. The van der Waals surface area contributed by atoms with Gasteiger partial charge in [-0.2, -0.15) is 5.10 Å². The van der Waals surface area contributed by atoms with Crippen LogP contribution in [0, 0.1) is 0 Å². The van der Waals surface area contributed by atoms with Crippen LogP contribution in [-0.4, -0.2) is 45.8 Å². The van der Waals surface area contributed by atoms with Gasteiger partial charge in [0.2, 0.25) is 5.91 Å². The molecule has 2 rings (SSSR count). The van der Waals surface area contributed by atoms with Gasteiger partial charge in [-0.3, -0.25) is 9.69 Å². The molecule has 0 aliphatic rings. The van der Waals surface area contributed by atoms with Crippen molar-refractivity contribution in [3.63, 3.8) is 0 Å². The first-order valence-corrected chi connectivity index (χ1v) is 8.58. The third-order valence-corrected chi connectivity index (χ3v) is 4.04. The fraction of sp³-hybridized carbons (Fsp3) is 0.474. The molecule has 0 unspecified atom stereocenters. The number of para-hydroxylation sites is 1. The van der Waals surface area contributed by atoms with Crippen molar-refractivity contribution >= 4 is 5.91 Å². The second kappa shape index (κ2) is 8.64. The minimum Gasteiger partial charge on any atom is -0.355 e. The summed E-state index contributed by atoms with van der Waals surface area (Å²) in [5, 5.41) is 7.33. The molecule has 1 aromatic heterocycles. The SMILES string of the molecule is CC(C)N(CCNC(=O)Cc1cnn(-c2ccccc2)c1)C(C)C. The molecule has 1 aromatic carbocycles. The van der Waals surface area contributed by atoms with Gasteiger partial charge in [-0.25, -0.2) is 4.68 Å². The van der Waals surface area contributed by atoms with Gasteiger partial charge in [0.05, 0.1) is 18.3 Å². The Morgan fingerprint density at radius 1 is 1.17 bits per heavy atom. The van der Waals surface area contributed by atoms with E-state index in [1.54, 1.807) is 10.9 Å². The first-order valence-electron chi connectivity index (χ1n) is 8.58. The molecule has 0 aliphatic carbocycles. The van der Waals surface area contributed by atoms with Gasteiger partial charge < -0.3 is 5.32 Å². The summed E-state index contributed by atoms with van der Waals surface area (Å²) in [5.74, 6) is 0.0371. The number of hydrogen-bond acceptors (Lipinski definition) is 3. The lowest BCUT2D eigenvalue weighted by Gasteiger charge is -2.30. The number of nitrogens with zero attached hydrogens (tertiary/aromatic N) is 3. The van der Waals surface area contributed by atoms with Gasteiger partial charge in [0.15, 0.2) is 0 Å². The fourth-order valence-electron chi connectivity index (χ4n) is 2.86. The predicted octanol–water partition coefficient (Wildman–Crippen LogP) is 2.65. The minimum atomic E-state index is 0.0371. The van der Waals surface area contributed by atoms with Crippen LogP contribution < -0.4 is 5.32 Å². The summed E-state index contributed by atoms with van der Waals surface area (Å²) >= 11 is 0. The molecule has 1 amide bonds. The largest absolute Gasteiger partial charge is 0.355 e. The molecule has 0 saturated heterocycles. The van der Waals surface area contributed by atoms with E-state index in [-0.39, 0.29) is 5.91 Å². The van der Waals surface area contributed by atoms with Crippen molar-refractivity contribution in [1.82, 2.24) is 20.0 Å². The average Bonchev–Trinajstić information content (AvgIpc) is 3.00. The quantitative estimate of drug-likeness (QED) is 0.810. The second-order valence-corrected chi connectivity index (χ2v) is 6.58. The molecule has 0 spiro atoms. The standard InChI is InChI=1S/C19H28N4O/c1-15(2)22(16(3)4)11-10-20-19(24)12-17-13-21-23(14-17)18-8-6-5-7-9-18/h5-9,13-16H,10-12H2,1-4H3,(H,20,24). The van der Waals surface area contributed by atoms with Crippen molar-refractivity contribution in [2.24, 2.45) is 0 Å². The van der Waals surface area contributed by atoms with Crippen LogP contribution in [-0.2, 0) is 11.2 Å². The molecule has 0 aliphatic heterocycles. The Labute approximate surface area is 144 Å². The van der Waals surface area contributed by atoms with E-state index in [9.17, 15) is 4.79 Å². The maximum atomic E-state index is 12.1. The first-order chi connectivity index (χ1) is 11.5. The van der Waals surface area contributed by atoms with Gasteiger partial charge in [0, 0.05) is 31.4 Å². The molecule has 130 valence electrons. The topological polar surface area (TPSA) is 50.2 Å². The van der Waals surface area contributed by atoms with Crippen molar-refractivity contribution in [2.75, 3.05) is 13.1 Å². The molecule has 5 nitrogen and oxygen atoms in total. The maximum Gasteiger partial charge on any atom is 0.224 e. The predicted molar refractivity (Wildman–Crippen MR) is 97.3 cm³/mol. The van der Waals surface area contributed by atoms with E-state index >= 15 is 0 Å². The number of nitrogens with one attached hydrogen (secondary N) is 1. The highest BCUT2D eigenvalue weighted by Crippen LogP contribution is 2.08. The van der Waals surface area contributed by atoms with E-state index in [4.69, 9.17) is 0 Å². The number of rotatable bonds is 8. The van der Waals surface area contributed by atoms with Gasteiger partial charge in [-0.15, -0.1) is 0 Å². The summed E-state index contributed by atoms with van der Waals surface area (Å²) in [7, 11) is 0. The lowest BCUT2D eigenvalue weighted by atomic mass is 10.2. The summed E-state index contributed by atoms with van der Waals surface area (Å²) in [6.07, 6.45) is 4.01. The van der Waals surface area contributed by atoms with Crippen LogP contribution in [0.5, 0.6) is 0 Å². The van der Waals surface area contributed by atoms with Crippen LogP contribution in [0.2, 0.25) is 0 Å². The molecule has 5 heteroatoms. The number of amides is 1. The van der Waals surface area contributed by atoms with Gasteiger partial charge in [0.1, 0.15) is 0 Å². The highest BCUT2D eigenvalue weighted by Gasteiger charge is 2.13. The normalized spacial score (nSPS) is 11.5. The van der Waals surface area contributed by atoms with Crippen LogP contribution in [0.1, 0.15) is 33.3 Å². The van der Waals surface area contributed by atoms with E-state index < -0.39 is 0 Å². The lowest BCUT2D eigenvalue weighted by Crippen LogP contribution is -2.42. The van der Waals surface area contributed by atoms with Gasteiger partial charge >= 0.3 is 0 Å². The molecule has 1 N–H and O–H groups in total. The van der Waals surface area contributed by atoms with Gasteiger partial charge in [0.25, 0.3) is 0 Å². The highest BCUT2D eigenvalue weighted by atomic mass is 16.1. The van der Waals surface area contributed by atoms with Crippen LogP contribution in [0.4, 0.5) is 0 Å². The summed E-state index contributed by atoms with van der Waals surface area (Å²) < 4.78 is 1.79. The van der Waals surface area contributed by atoms with Crippen molar-refractivity contribution in [3.8, 4) is 5.69 Å². The van der Waals surface area contributed by atoms with Crippen molar-refractivity contribution in [1.29, 1.82) is 0 Å². The van der Waals surface area contributed by atoms with Crippen molar-refractivity contribution in [2.45, 2.75) is 46.2 Å². The molecule has 2 aromatic rings. The Morgan fingerprint density at radius 2 is 1.83 bits per heavy atom. The fourth-order valence-corrected chi connectivity index (χ4v) is 2.86. The Hall–Kier alpha value is -2.14. The summed E-state index contributed by atoms with van der Waals surface area (Å²) in [5.41, 5.74) is 1.91. The molecule has 0 bridgehead atoms. The Morgan fingerprint density at radius 3 is 2.46 bits per heavy atom. The van der Waals surface area contributed by atoms with E-state index in [0.717, 1.165) is 17.8 Å². The van der Waals surface area contributed by atoms with Gasteiger partial charge in [-0.05, 0) is 45.4 Å². The first kappa shape index (κ1) is 18.2.